The first-order chi connectivity index (χ1) is 14.4. The summed E-state index contributed by atoms with van der Waals surface area (Å²) in [4.78, 5) is 44.0. The van der Waals surface area contributed by atoms with Crippen LogP contribution in [-0.2, 0) is 16.1 Å². The van der Waals surface area contributed by atoms with Crippen molar-refractivity contribution in [2.75, 3.05) is 23.3 Å². The minimum absolute atomic E-state index is 0.00605. The third kappa shape index (κ3) is 4.77. The van der Waals surface area contributed by atoms with E-state index in [4.69, 9.17) is 5.73 Å². The number of carbonyl (C=O) groups is 2. The number of nitro groups is 1. The van der Waals surface area contributed by atoms with E-state index in [1.807, 2.05) is 0 Å². The summed E-state index contributed by atoms with van der Waals surface area (Å²) in [6, 6.07) is 5.08. The monoisotopic (exact) mass is 417 g/mol. The molecule has 1 fully saturated rings. The largest absolute Gasteiger partial charge is 0.368 e. The Hall–Kier alpha value is -3.83. The van der Waals surface area contributed by atoms with Crippen LogP contribution in [0.5, 0.6) is 0 Å². The summed E-state index contributed by atoms with van der Waals surface area (Å²) in [6.07, 6.45) is 2.21. The Morgan fingerprint density at radius 2 is 2.17 bits per heavy atom. The number of rotatable bonds is 8. The Kier molecular flexibility index (Phi) is 6.35. The Morgan fingerprint density at radius 1 is 1.37 bits per heavy atom. The summed E-state index contributed by atoms with van der Waals surface area (Å²) < 4.78 is 13.4. The van der Waals surface area contributed by atoms with E-state index in [0.717, 1.165) is 6.33 Å². The van der Waals surface area contributed by atoms with Gasteiger partial charge in [-0.1, -0.05) is 12.1 Å². The summed E-state index contributed by atoms with van der Waals surface area (Å²) in [5.41, 5.74) is 5.24. The zero-order valence-electron chi connectivity index (χ0n) is 15.9. The smallest absolute Gasteiger partial charge is 0.353 e. The van der Waals surface area contributed by atoms with Gasteiger partial charge in [0, 0.05) is 13.1 Å². The number of benzene rings is 1. The van der Waals surface area contributed by atoms with Crippen LogP contribution in [0, 0.1) is 15.9 Å². The van der Waals surface area contributed by atoms with E-state index in [-0.39, 0.29) is 30.4 Å². The summed E-state index contributed by atoms with van der Waals surface area (Å²) in [5.74, 6) is -1.63. The fourth-order valence-corrected chi connectivity index (χ4v) is 3.29. The molecular formula is C18H20FN7O4. The van der Waals surface area contributed by atoms with Crippen molar-refractivity contribution in [1.29, 1.82) is 0 Å². The fraction of sp³-hybridized carbons (Fsp3) is 0.333. The molecule has 0 bridgehead atoms. The second-order valence-corrected chi connectivity index (χ2v) is 6.67. The van der Waals surface area contributed by atoms with Gasteiger partial charge in [0.05, 0.1) is 11.5 Å². The van der Waals surface area contributed by atoms with E-state index in [1.54, 1.807) is 6.07 Å². The predicted octanol–water partition coefficient (Wildman–Crippen LogP) is 0.706. The molecule has 1 aromatic heterocycles. The molecule has 12 heteroatoms. The van der Waals surface area contributed by atoms with Crippen molar-refractivity contribution in [3.63, 3.8) is 0 Å². The molecule has 2 heterocycles. The maximum atomic E-state index is 13.4. The van der Waals surface area contributed by atoms with Gasteiger partial charge in [-0.2, -0.15) is 0 Å². The number of hydrogen-bond acceptors (Lipinski definition) is 8. The molecule has 3 rings (SSSR count). The molecule has 2 aromatic rings. The fourth-order valence-electron chi connectivity index (χ4n) is 3.29. The standard InChI is InChI=1S/C18H20FN7O4/c19-12-4-1-3-11(7-12)8-21-16-15(26(29)30)17(24-10-23-16)25-6-2-5-13(25)18(28)22-9-14(20)27/h1,3-4,7,10,13H,2,5-6,8-9H2,(H2,20,27)(H,22,28)(H,21,23,24). The Bertz CT molecular complexity index is 971. The molecule has 11 nitrogen and oxygen atoms in total. The van der Waals surface area contributed by atoms with Crippen LogP contribution in [0.15, 0.2) is 30.6 Å². The lowest BCUT2D eigenvalue weighted by atomic mass is 10.2. The lowest BCUT2D eigenvalue weighted by Gasteiger charge is -2.24. The minimum atomic E-state index is -0.728. The number of primary amides is 1. The van der Waals surface area contributed by atoms with Crippen molar-refractivity contribution in [2.24, 2.45) is 5.73 Å². The van der Waals surface area contributed by atoms with Crippen molar-refractivity contribution in [2.45, 2.75) is 25.4 Å². The molecule has 1 atom stereocenters. The van der Waals surface area contributed by atoms with Crippen LogP contribution in [0.1, 0.15) is 18.4 Å². The molecule has 1 aromatic carbocycles. The SMILES string of the molecule is NC(=O)CNC(=O)C1CCCN1c1ncnc(NCc2cccc(F)c2)c1[N+](=O)[O-]. The van der Waals surface area contributed by atoms with Crippen LogP contribution in [0.2, 0.25) is 0 Å². The molecule has 0 saturated carbocycles. The second-order valence-electron chi connectivity index (χ2n) is 6.67. The van der Waals surface area contributed by atoms with E-state index in [2.05, 4.69) is 20.6 Å². The number of nitrogens with zero attached hydrogens (tertiary/aromatic N) is 4. The Balaban J connectivity index is 1.85. The van der Waals surface area contributed by atoms with Gasteiger partial charge in [0.2, 0.25) is 23.5 Å². The zero-order valence-corrected chi connectivity index (χ0v) is 15.9. The van der Waals surface area contributed by atoms with E-state index < -0.39 is 28.6 Å². The minimum Gasteiger partial charge on any atom is -0.368 e. The van der Waals surface area contributed by atoms with Crippen molar-refractivity contribution in [1.82, 2.24) is 15.3 Å². The van der Waals surface area contributed by atoms with Gasteiger partial charge in [0.15, 0.2) is 0 Å². The van der Waals surface area contributed by atoms with Crippen LogP contribution >= 0.6 is 0 Å². The number of nitrogens with one attached hydrogen (secondary N) is 2. The topological polar surface area (TPSA) is 156 Å². The third-order valence-corrected chi connectivity index (χ3v) is 4.60. The zero-order chi connectivity index (χ0) is 21.7. The van der Waals surface area contributed by atoms with Gasteiger partial charge in [-0.25, -0.2) is 14.4 Å². The summed E-state index contributed by atoms with van der Waals surface area (Å²) in [6.45, 7) is 0.156. The van der Waals surface area contributed by atoms with Gasteiger partial charge >= 0.3 is 5.69 Å². The Labute approximate surface area is 170 Å². The second kappa shape index (κ2) is 9.11. The maximum absolute atomic E-state index is 13.4. The molecule has 1 aliphatic rings. The first kappa shape index (κ1) is 20.9. The van der Waals surface area contributed by atoms with Crippen molar-refractivity contribution in [3.05, 3.63) is 52.1 Å². The number of hydrogen-bond donors (Lipinski definition) is 3. The number of anilines is 2. The average Bonchev–Trinajstić information content (AvgIpc) is 3.20. The highest BCUT2D eigenvalue weighted by molar-refractivity contribution is 5.90. The van der Waals surface area contributed by atoms with Crippen molar-refractivity contribution >= 4 is 29.1 Å². The molecule has 0 radical (unpaired) electrons. The molecule has 1 saturated heterocycles. The first-order valence-corrected chi connectivity index (χ1v) is 9.17. The quantitative estimate of drug-likeness (QED) is 0.419. The predicted molar refractivity (Wildman–Crippen MR) is 105 cm³/mol. The van der Waals surface area contributed by atoms with Crippen LogP contribution in [0.25, 0.3) is 0 Å². The lowest BCUT2D eigenvalue weighted by Crippen LogP contribution is -2.46. The number of carbonyl (C=O) groups excluding carboxylic acids is 2. The summed E-state index contributed by atoms with van der Waals surface area (Å²) >= 11 is 0. The summed E-state index contributed by atoms with van der Waals surface area (Å²) in [5, 5.41) is 17.1. The van der Waals surface area contributed by atoms with Crippen LogP contribution in [0.3, 0.4) is 0 Å². The molecule has 0 aliphatic carbocycles. The number of nitrogens with two attached hydrogens (primary N) is 1. The number of amides is 2. The molecular weight excluding hydrogens is 397 g/mol. The maximum Gasteiger partial charge on any atom is 0.353 e. The van der Waals surface area contributed by atoms with Gasteiger partial charge in [-0.15, -0.1) is 0 Å². The van der Waals surface area contributed by atoms with E-state index in [9.17, 15) is 24.1 Å². The highest BCUT2D eigenvalue weighted by Gasteiger charge is 2.37. The van der Waals surface area contributed by atoms with Gasteiger partial charge in [0.25, 0.3) is 0 Å². The third-order valence-electron chi connectivity index (χ3n) is 4.60. The molecule has 1 aliphatic heterocycles. The summed E-state index contributed by atoms with van der Waals surface area (Å²) in [7, 11) is 0. The first-order valence-electron chi connectivity index (χ1n) is 9.17. The van der Waals surface area contributed by atoms with Crippen molar-refractivity contribution < 1.29 is 18.9 Å². The van der Waals surface area contributed by atoms with E-state index >= 15 is 0 Å². The van der Waals surface area contributed by atoms with E-state index in [0.29, 0.717) is 24.9 Å². The van der Waals surface area contributed by atoms with Gasteiger partial charge < -0.3 is 21.3 Å². The van der Waals surface area contributed by atoms with Gasteiger partial charge in [-0.3, -0.25) is 19.7 Å². The van der Waals surface area contributed by atoms with E-state index in [1.165, 1.54) is 23.1 Å². The van der Waals surface area contributed by atoms with Crippen LogP contribution < -0.4 is 21.3 Å². The lowest BCUT2D eigenvalue weighted by molar-refractivity contribution is -0.383. The normalized spacial score (nSPS) is 15.6. The number of halogens is 1. The number of aromatic nitrogens is 2. The Morgan fingerprint density at radius 3 is 2.87 bits per heavy atom. The molecule has 2 amide bonds. The average molecular weight is 417 g/mol. The van der Waals surface area contributed by atoms with Gasteiger partial charge in [-0.05, 0) is 30.5 Å². The van der Waals surface area contributed by atoms with Crippen molar-refractivity contribution in [3.8, 4) is 0 Å². The highest BCUT2D eigenvalue weighted by atomic mass is 19.1. The van der Waals surface area contributed by atoms with Crippen LogP contribution in [0.4, 0.5) is 21.7 Å². The molecule has 30 heavy (non-hydrogen) atoms. The molecule has 158 valence electrons. The highest BCUT2D eigenvalue weighted by Crippen LogP contribution is 2.35. The molecule has 4 N–H and O–H groups in total. The van der Waals surface area contributed by atoms with Gasteiger partial charge in [0.1, 0.15) is 18.2 Å². The molecule has 1 unspecified atom stereocenters. The van der Waals surface area contributed by atoms with Crippen LogP contribution in [-0.4, -0.2) is 45.8 Å². The molecule has 0 spiro atoms.